The van der Waals surface area contributed by atoms with Crippen LogP contribution in [0.5, 0.6) is 0 Å². The SMILES string of the molecule is CC(=O)c1ccc2cccnc2c1-c1ccccc1F. The molecule has 3 aromatic rings. The van der Waals surface area contributed by atoms with Gasteiger partial charge in [-0.2, -0.15) is 0 Å². The molecule has 0 saturated carbocycles. The van der Waals surface area contributed by atoms with Crippen molar-refractivity contribution in [3.63, 3.8) is 0 Å². The minimum absolute atomic E-state index is 0.101. The Labute approximate surface area is 115 Å². The molecule has 0 bridgehead atoms. The van der Waals surface area contributed by atoms with Gasteiger partial charge in [0, 0.05) is 28.3 Å². The van der Waals surface area contributed by atoms with Gasteiger partial charge in [-0.15, -0.1) is 0 Å². The Kier molecular flexibility index (Phi) is 3.03. The number of hydrogen-bond acceptors (Lipinski definition) is 2. The number of carbonyl (C=O) groups is 1. The van der Waals surface area contributed by atoms with Gasteiger partial charge in [0.25, 0.3) is 0 Å². The topological polar surface area (TPSA) is 30.0 Å². The second-order valence-electron chi connectivity index (χ2n) is 4.60. The van der Waals surface area contributed by atoms with Gasteiger partial charge >= 0.3 is 0 Å². The van der Waals surface area contributed by atoms with E-state index in [1.165, 1.54) is 13.0 Å². The summed E-state index contributed by atoms with van der Waals surface area (Å²) in [4.78, 5) is 16.2. The number of ketones is 1. The normalized spacial score (nSPS) is 10.7. The second kappa shape index (κ2) is 4.85. The van der Waals surface area contributed by atoms with E-state index in [4.69, 9.17) is 0 Å². The zero-order valence-electron chi connectivity index (χ0n) is 10.9. The first-order valence-electron chi connectivity index (χ1n) is 6.32. The molecule has 0 aliphatic heterocycles. The van der Waals surface area contributed by atoms with Crippen LogP contribution in [-0.2, 0) is 0 Å². The Balaban J connectivity index is 2.45. The predicted molar refractivity (Wildman–Crippen MR) is 77.1 cm³/mol. The van der Waals surface area contributed by atoms with Crippen LogP contribution in [0.3, 0.4) is 0 Å². The molecule has 3 rings (SSSR count). The van der Waals surface area contributed by atoms with Crippen LogP contribution in [-0.4, -0.2) is 10.8 Å². The van der Waals surface area contributed by atoms with Crippen molar-refractivity contribution in [2.24, 2.45) is 0 Å². The molecule has 0 N–H and O–H groups in total. The maximum absolute atomic E-state index is 14.1. The maximum Gasteiger partial charge on any atom is 0.160 e. The van der Waals surface area contributed by atoms with E-state index in [2.05, 4.69) is 4.98 Å². The molecular formula is C17H12FNO. The molecule has 1 aromatic heterocycles. The lowest BCUT2D eigenvalue weighted by atomic mass is 9.94. The summed E-state index contributed by atoms with van der Waals surface area (Å²) in [5, 5.41) is 0.885. The highest BCUT2D eigenvalue weighted by atomic mass is 19.1. The highest BCUT2D eigenvalue weighted by Gasteiger charge is 2.16. The van der Waals surface area contributed by atoms with Gasteiger partial charge in [-0.3, -0.25) is 9.78 Å². The number of benzene rings is 2. The molecule has 0 radical (unpaired) electrons. The summed E-state index contributed by atoms with van der Waals surface area (Å²) in [6, 6.07) is 13.7. The molecule has 0 fully saturated rings. The van der Waals surface area contributed by atoms with Crippen LogP contribution in [0.2, 0.25) is 0 Å². The van der Waals surface area contributed by atoms with Crippen molar-refractivity contribution >= 4 is 16.7 Å². The first-order chi connectivity index (χ1) is 9.68. The molecule has 0 saturated heterocycles. The molecule has 0 spiro atoms. The van der Waals surface area contributed by atoms with E-state index in [1.807, 2.05) is 18.2 Å². The van der Waals surface area contributed by atoms with Crippen molar-refractivity contribution in [3.8, 4) is 11.1 Å². The Bertz CT molecular complexity index is 811. The molecule has 20 heavy (non-hydrogen) atoms. The second-order valence-corrected chi connectivity index (χ2v) is 4.60. The quantitative estimate of drug-likeness (QED) is 0.648. The zero-order valence-corrected chi connectivity index (χ0v) is 10.9. The molecule has 0 atom stereocenters. The summed E-state index contributed by atoms with van der Waals surface area (Å²) in [7, 11) is 0. The van der Waals surface area contributed by atoms with Crippen LogP contribution in [0, 0.1) is 5.82 Å². The minimum atomic E-state index is -0.354. The zero-order chi connectivity index (χ0) is 14.1. The summed E-state index contributed by atoms with van der Waals surface area (Å²) < 4.78 is 14.1. The number of fused-ring (bicyclic) bond motifs is 1. The van der Waals surface area contributed by atoms with E-state index in [0.29, 0.717) is 22.2 Å². The Morgan fingerprint density at radius 3 is 2.60 bits per heavy atom. The summed E-state index contributed by atoms with van der Waals surface area (Å²) in [6.45, 7) is 1.48. The minimum Gasteiger partial charge on any atom is -0.294 e. The number of carbonyl (C=O) groups excluding carboxylic acids is 1. The van der Waals surface area contributed by atoms with Gasteiger partial charge in [0.1, 0.15) is 5.82 Å². The number of aromatic nitrogens is 1. The lowest BCUT2D eigenvalue weighted by Gasteiger charge is -2.11. The third kappa shape index (κ3) is 1.97. The molecular weight excluding hydrogens is 253 g/mol. The number of rotatable bonds is 2. The average molecular weight is 265 g/mol. The van der Waals surface area contributed by atoms with Crippen molar-refractivity contribution in [3.05, 3.63) is 66.1 Å². The fraction of sp³-hybridized carbons (Fsp3) is 0.0588. The molecule has 0 aliphatic rings. The maximum atomic E-state index is 14.1. The van der Waals surface area contributed by atoms with Crippen molar-refractivity contribution < 1.29 is 9.18 Å². The molecule has 0 unspecified atom stereocenters. The lowest BCUT2D eigenvalue weighted by molar-refractivity contribution is 0.101. The Morgan fingerprint density at radius 1 is 1.05 bits per heavy atom. The third-order valence-corrected chi connectivity index (χ3v) is 3.30. The van der Waals surface area contributed by atoms with Crippen molar-refractivity contribution in [1.29, 1.82) is 0 Å². The van der Waals surface area contributed by atoms with E-state index in [1.54, 1.807) is 30.5 Å². The van der Waals surface area contributed by atoms with Crippen LogP contribution < -0.4 is 0 Å². The standard InChI is InChI=1S/C17H12FNO/c1-11(20)13-9-8-12-5-4-10-19-17(12)16(13)14-6-2-3-7-15(14)18/h2-10H,1H3. The van der Waals surface area contributed by atoms with Crippen LogP contribution in [0.15, 0.2) is 54.7 Å². The van der Waals surface area contributed by atoms with Gasteiger partial charge in [-0.1, -0.05) is 36.4 Å². The van der Waals surface area contributed by atoms with Gasteiger partial charge in [0.15, 0.2) is 5.78 Å². The Hall–Kier alpha value is -2.55. The molecule has 0 aliphatic carbocycles. The molecule has 98 valence electrons. The van der Waals surface area contributed by atoms with Gasteiger partial charge in [-0.25, -0.2) is 4.39 Å². The van der Waals surface area contributed by atoms with E-state index >= 15 is 0 Å². The molecule has 2 nitrogen and oxygen atoms in total. The summed E-state index contributed by atoms with van der Waals surface area (Å²) in [5.41, 5.74) is 2.10. The predicted octanol–water partition coefficient (Wildman–Crippen LogP) is 4.24. The largest absolute Gasteiger partial charge is 0.294 e. The highest BCUT2D eigenvalue weighted by molar-refractivity contribution is 6.08. The summed E-state index contributed by atoms with van der Waals surface area (Å²) >= 11 is 0. The van der Waals surface area contributed by atoms with E-state index in [0.717, 1.165) is 5.39 Å². The lowest BCUT2D eigenvalue weighted by Crippen LogP contribution is -1.99. The van der Waals surface area contributed by atoms with E-state index in [-0.39, 0.29) is 11.6 Å². The monoisotopic (exact) mass is 265 g/mol. The first-order valence-corrected chi connectivity index (χ1v) is 6.32. The third-order valence-electron chi connectivity index (χ3n) is 3.30. The highest BCUT2D eigenvalue weighted by Crippen LogP contribution is 2.32. The van der Waals surface area contributed by atoms with E-state index in [9.17, 15) is 9.18 Å². The number of halogens is 1. The first kappa shape index (κ1) is 12.5. The average Bonchev–Trinajstić information content (AvgIpc) is 2.46. The number of hydrogen-bond donors (Lipinski definition) is 0. The molecule has 0 amide bonds. The molecule has 3 heteroatoms. The van der Waals surface area contributed by atoms with Crippen LogP contribution >= 0.6 is 0 Å². The van der Waals surface area contributed by atoms with Gasteiger partial charge in [-0.05, 0) is 19.1 Å². The van der Waals surface area contributed by atoms with E-state index < -0.39 is 0 Å². The fourth-order valence-electron chi connectivity index (χ4n) is 2.38. The Morgan fingerprint density at radius 2 is 1.85 bits per heavy atom. The number of Topliss-reactive ketones (excluding diaryl/α,β-unsaturated/α-hetero) is 1. The molecule has 2 aromatic carbocycles. The smallest absolute Gasteiger partial charge is 0.160 e. The summed E-state index contributed by atoms with van der Waals surface area (Å²) in [5.74, 6) is -0.455. The number of pyridine rings is 1. The van der Waals surface area contributed by atoms with Gasteiger partial charge in [0.2, 0.25) is 0 Å². The van der Waals surface area contributed by atoms with Gasteiger partial charge < -0.3 is 0 Å². The van der Waals surface area contributed by atoms with Crippen LogP contribution in [0.1, 0.15) is 17.3 Å². The van der Waals surface area contributed by atoms with Gasteiger partial charge in [0.05, 0.1) is 5.52 Å². The van der Waals surface area contributed by atoms with Crippen LogP contribution in [0.25, 0.3) is 22.0 Å². The fourth-order valence-corrected chi connectivity index (χ4v) is 2.38. The van der Waals surface area contributed by atoms with Crippen molar-refractivity contribution in [2.75, 3.05) is 0 Å². The summed E-state index contributed by atoms with van der Waals surface area (Å²) in [6.07, 6.45) is 1.65. The molecule has 1 heterocycles. The van der Waals surface area contributed by atoms with Crippen molar-refractivity contribution in [1.82, 2.24) is 4.98 Å². The number of nitrogens with zero attached hydrogens (tertiary/aromatic N) is 1. The van der Waals surface area contributed by atoms with Crippen LogP contribution in [0.4, 0.5) is 4.39 Å². The van der Waals surface area contributed by atoms with Crippen molar-refractivity contribution in [2.45, 2.75) is 6.92 Å².